The summed E-state index contributed by atoms with van der Waals surface area (Å²) >= 11 is 0. The number of amides is 1. The highest BCUT2D eigenvalue weighted by molar-refractivity contribution is 5.95. The van der Waals surface area contributed by atoms with E-state index in [0.29, 0.717) is 23.6 Å². The molecule has 3 aliphatic heterocycles. The van der Waals surface area contributed by atoms with Crippen molar-refractivity contribution in [1.29, 1.82) is 0 Å². The Morgan fingerprint density at radius 1 is 0.946 bits per heavy atom. The number of rotatable bonds is 5. The molecule has 1 N–H and O–H groups in total. The molecule has 7 nitrogen and oxygen atoms in total. The average molecular weight is 501 g/mol. The Hall–Kier alpha value is -3.55. The highest BCUT2D eigenvalue weighted by Crippen LogP contribution is 2.43. The van der Waals surface area contributed by atoms with Gasteiger partial charge in [-0.3, -0.25) is 9.69 Å². The van der Waals surface area contributed by atoms with E-state index in [1.807, 2.05) is 29.2 Å². The van der Waals surface area contributed by atoms with Crippen LogP contribution in [0.1, 0.15) is 34.7 Å². The van der Waals surface area contributed by atoms with Crippen LogP contribution in [0.15, 0.2) is 66.7 Å². The number of nitrogens with zero attached hydrogens (tertiary/aromatic N) is 2. The molecule has 0 saturated carbocycles. The van der Waals surface area contributed by atoms with Crippen LogP contribution < -0.4 is 14.2 Å². The van der Waals surface area contributed by atoms with Crippen LogP contribution in [-0.2, 0) is 0 Å². The summed E-state index contributed by atoms with van der Waals surface area (Å²) in [7, 11) is 1.67. The van der Waals surface area contributed by atoms with Crippen molar-refractivity contribution in [3.63, 3.8) is 0 Å². The lowest BCUT2D eigenvalue weighted by Gasteiger charge is -2.57. The number of aliphatic hydroxyl groups excluding tert-OH is 1. The van der Waals surface area contributed by atoms with E-state index in [0.717, 1.165) is 42.8 Å². The number of fused-ring (bicyclic) bond motifs is 2. The van der Waals surface area contributed by atoms with Crippen LogP contribution >= 0.6 is 0 Å². The van der Waals surface area contributed by atoms with Gasteiger partial charge in [-0.05, 0) is 66.4 Å². The van der Waals surface area contributed by atoms with E-state index in [-0.39, 0.29) is 37.3 Å². The SMILES string of the molecule is COc1ccc(-c2ccc([C@H]3[C@@H](CO)N4CCCCN(C(=O)c5ccc6c(c5)OCO6)C[C@@H]34)cc2)cc1. The van der Waals surface area contributed by atoms with Gasteiger partial charge >= 0.3 is 0 Å². The topological polar surface area (TPSA) is 71.5 Å². The Balaban J connectivity index is 1.23. The summed E-state index contributed by atoms with van der Waals surface area (Å²) in [6.07, 6.45) is 1.94. The Labute approximate surface area is 217 Å². The molecule has 7 heteroatoms. The Kier molecular flexibility index (Phi) is 6.49. The van der Waals surface area contributed by atoms with Crippen molar-refractivity contribution in [3.8, 4) is 28.4 Å². The number of benzene rings is 3. The summed E-state index contributed by atoms with van der Waals surface area (Å²) in [6.45, 7) is 2.61. The summed E-state index contributed by atoms with van der Waals surface area (Å²) in [5.41, 5.74) is 4.09. The largest absolute Gasteiger partial charge is 0.497 e. The zero-order valence-electron chi connectivity index (χ0n) is 21.0. The monoisotopic (exact) mass is 500 g/mol. The number of ether oxygens (including phenoxy) is 3. The lowest BCUT2D eigenvalue weighted by molar-refractivity contribution is -0.0606. The zero-order chi connectivity index (χ0) is 25.4. The molecule has 37 heavy (non-hydrogen) atoms. The molecule has 3 aromatic carbocycles. The number of hydrogen-bond donors (Lipinski definition) is 1. The maximum Gasteiger partial charge on any atom is 0.254 e. The van der Waals surface area contributed by atoms with Crippen LogP contribution in [-0.4, -0.2) is 73.0 Å². The van der Waals surface area contributed by atoms with Gasteiger partial charge in [0.2, 0.25) is 6.79 Å². The average Bonchev–Trinajstić information content (AvgIpc) is 3.40. The van der Waals surface area contributed by atoms with E-state index in [4.69, 9.17) is 14.2 Å². The van der Waals surface area contributed by atoms with Gasteiger partial charge in [0, 0.05) is 36.7 Å². The first-order valence-corrected chi connectivity index (χ1v) is 13.0. The third-order valence-electron chi connectivity index (χ3n) is 8.00. The minimum Gasteiger partial charge on any atom is -0.497 e. The molecule has 0 radical (unpaired) electrons. The number of hydrogen-bond acceptors (Lipinski definition) is 6. The van der Waals surface area contributed by atoms with E-state index in [1.54, 1.807) is 13.2 Å². The molecule has 6 rings (SSSR count). The van der Waals surface area contributed by atoms with Crippen molar-refractivity contribution in [2.45, 2.75) is 30.8 Å². The van der Waals surface area contributed by atoms with Gasteiger partial charge in [-0.25, -0.2) is 0 Å². The molecule has 3 heterocycles. The second kappa shape index (κ2) is 10.1. The minimum atomic E-state index is 0.0150. The van der Waals surface area contributed by atoms with Gasteiger partial charge in [-0.1, -0.05) is 36.4 Å². The van der Waals surface area contributed by atoms with E-state index in [2.05, 4.69) is 41.3 Å². The quantitative estimate of drug-likeness (QED) is 0.568. The standard InChI is InChI=1S/C30H32N2O5/c1-35-24-11-8-21(9-12-24)20-4-6-22(7-5-20)29-25-17-31(14-2-3-15-32(25)26(29)18-33)30(34)23-10-13-27-28(16-23)37-19-36-27/h4-13,16,25-26,29,33H,2-3,14-15,17-19H2,1H3/t25-,26+,29+/m0/s1. The van der Waals surface area contributed by atoms with Gasteiger partial charge < -0.3 is 24.2 Å². The van der Waals surface area contributed by atoms with Crippen LogP contribution in [0.3, 0.4) is 0 Å². The predicted molar refractivity (Wildman–Crippen MR) is 140 cm³/mol. The molecule has 0 spiro atoms. The minimum absolute atomic E-state index is 0.0150. The molecule has 2 saturated heterocycles. The van der Waals surface area contributed by atoms with Crippen molar-refractivity contribution in [2.75, 3.05) is 40.1 Å². The lowest BCUT2D eigenvalue weighted by atomic mass is 9.74. The molecule has 2 fully saturated rings. The van der Waals surface area contributed by atoms with Crippen molar-refractivity contribution in [2.24, 2.45) is 0 Å². The van der Waals surface area contributed by atoms with Crippen LogP contribution in [0.2, 0.25) is 0 Å². The summed E-state index contributed by atoms with van der Waals surface area (Å²) in [6, 6.07) is 22.3. The fourth-order valence-electron chi connectivity index (χ4n) is 6.02. The number of carbonyl (C=O) groups excluding carboxylic acids is 1. The number of aliphatic hydroxyl groups is 1. The highest BCUT2D eigenvalue weighted by atomic mass is 16.7. The molecule has 0 unspecified atom stereocenters. The van der Waals surface area contributed by atoms with Crippen LogP contribution in [0.25, 0.3) is 11.1 Å². The molecule has 3 aromatic rings. The zero-order valence-corrected chi connectivity index (χ0v) is 21.0. The molecular formula is C30H32N2O5. The van der Waals surface area contributed by atoms with Crippen molar-refractivity contribution >= 4 is 5.91 Å². The van der Waals surface area contributed by atoms with Gasteiger partial charge in [0.15, 0.2) is 11.5 Å². The first kappa shape index (κ1) is 23.8. The Morgan fingerprint density at radius 2 is 1.65 bits per heavy atom. The van der Waals surface area contributed by atoms with Gasteiger partial charge in [0.1, 0.15) is 5.75 Å². The Morgan fingerprint density at radius 3 is 2.38 bits per heavy atom. The maximum atomic E-state index is 13.5. The van der Waals surface area contributed by atoms with E-state index in [9.17, 15) is 9.90 Å². The van der Waals surface area contributed by atoms with Gasteiger partial charge in [0.25, 0.3) is 5.91 Å². The summed E-state index contributed by atoms with van der Waals surface area (Å²) in [5.74, 6) is 2.32. The lowest BCUT2D eigenvalue weighted by Crippen LogP contribution is -2.67. The van der Waals surface area contributed by atoms with Crippen molar-refractivity contribution < 1.29 is 24.1 Å². The number of methoxy groups -OCH3 is 1. The normalized spacial score (nSPS) is 23.0. The molecule has 1 amide bonds. The van der Waals surface area contributed by atoms with Crippen LogP contribution in [0.5, 0.6) is 17.2 Å². The molecule has 192 valence electrons. The second-order valence-electron chi connectivity index (χ2n) is 9.96. The summed E-state index contributed by atoms with van der Waals surface area (Å²) in [5, 5.41) is 10.3. The first-order valence-electron chi connectivity index (χ1n) is 13.0. The van der Waals surface area contributed by atoms with Gasteiger partial charge in [-0.2, -0.15) is 0 Å². The fraction of sp³-hybridized carbons (Fsp3) is 0.367. The molecule has 3 aliphatic rings. The molecular weight excluding hydrogens is 468 g/mol. The van der Waals surface area contributed by atoms with Crippen molar-refractivity contribution in [1.82, 2.24) is 9.80 Å². The molecule has 0 aliphatic carbocycles. The third kappa shape index (κ3) is 4.43. The van der Waals surface area contributed by atoms with Gasteiger partial charge in [0.05, 0.1) is 13.7 Å². The first-order chi connectivity index (χ1) is 18.2. The van der Waals surface area contributed by atoms with Crippen LogP contribution in [0.4, 0.5) is 0 Å². The van der Waals surface area contributed by atoms with Crippen molar-refractivity contribution in [3.05, 3.63) is 77.9 Å². The molecule has 0 bridgehead atoms. The third-order valence-corrected chi connectivity index (χ3v) is 8.00. The summed E-state index contributed by atoms with van der Waals surface area (Å²) in [4.78, 5) is 17.9. The van der Waals surface area contributed by atoms with E-state index >= 15 is 0 Å². The fourth-order valence-corrected chi connectivity index (χ4v) is 6.02. The Bertz CT molecular complexity index is 1260. The van der Waals surface area contributed by atoms with Crippen LogP contribution in [0, 0.1) is 0 Å². The number of carbonyl (C=O) groups is 1. The second-order valence-corrected chi connectivity index (χ2v) is 9.96. The highest BCUT2D eigenvalue weighted by Gasteiger charge is 2.49. The predicted octanol–water partition coefficient (Wildman–Crippen LogP) is 4.16. The summed E-state index contributed by atoms with van der Waals surface area (Å²) < 4.78 is 16.2. The molecule has 3 atom stereocenters. The van der Waals surface area contributed by atoms with E-state index < -0.39 is 0 Å². The smallest absolute Gasteiger partial charge is 0.254 e. The maximum absolute atomic E-state index is 13.5. The van der Waals surface area contributed by atoms with Gasteiger partial charge in [-0.15, -0.1) is 0 Å². The molecule has 0 aromatic heterocycles. The van der Waals surface area contributed by atoms with E-state index in [1.165, 1.54) is 5.56 Å².